The monoisotopic (exact) mass is 375 g/mol. The summed E-state index contributed by atoms with van der Waals surface area (Å²) < 4.78 is 0. The zero-order chi connectivity index (χ0) is 19.9. The maximum Gasteiger partial charge on any atom is 0.249 e. The van der Waals surface area contributed by atoms with Crippen LogP contribution in [-0.2, 0) is 16.0 Å². The fourth-order valence-corrected chi connectivity index (χ4v) is 2.92. The van der Waals surface area contributed by atoms with Crippen molar-refractivity contribution < 1.29 is 14.7 Å². The van der Waals surface area contributed by atoms with Gasteiger partial charge in [-0.3, -0.25) is 9.59 Å². The van der Waals surface area contributed by atoms with Crippen molar-refractivity contribution >= 4 is 34.5 Å². The molecule has 142 valence electrons. The molecular weight excluding hydrogens is 354 g/mol. The van der Waals surface area contributed by atoms with Crippen molar-refractivity contribution in [3.8, 4) is 5.75 Å². The number of hydrogen-bond donors (Lipinski definition) is 3. The second kappa shape index (κ2) is 8.81. The maximum atomic E-state index is 12.1. The summed E-state index contributed by atoms with van der Waals surface area (Å²) in [7, 11) is 0. The molecule has 0 saturated carbocycles. The molecule has 3 rings (SSSR count). The van der Waals surface area contributed by atoms with E-state index in [-0.39, 0.29) is 12.2 Å². The zero-order valence-electron chi connectivity index (χ0n) is 15.5. The van der Waals surface area contributed by atoms with E-state index in [4.69, 9.17) is 0 Å². The predicted octanol–water partition coefficient (Wildman–Crippen LogP) is 3.59. The van der Waals surface area contributed by atoms with Crippen LogP contribution in [0.4, 0.5) is 5.69 Å². The van der Waals surface area contributed by atoms with Gasteiger partial charge in [0.15, 0.2) is 0 Å². The molecule has 6 heteroatoms. The molecule has 2 amide bonds. The molecule has 0 spiro atoms. The van der Waals surface area contributed by atoms with Gasteiger partial charge in [0.25, 0.3) is 0 Å². The molecule has 3 aromatic carbocycles. The Morgan fingerprint density at radius 1 is 1.00 bits per heavy atom. The first-order chi connectivity index (χ1) is 13.6. The third-order valence-corrected chi connectivity index (χ3v) is 4.32. The standard InChI is InChI=1S/C22H21N3O3/c1-2-15-7-4-6-10-19(15)24-21(27)13-22(28)25-23-14-18-17-9-5-3-8-16(17)11-12-20(18)26/h3-12,14,26H,2,13H2,1H3,(H,24,27)(H,25,28)/b23-14+. The number of fused-ring (bicyclic) bond motifs is 1. The van der Waals surface area contributed by atoms with E-state index in [9.17, 15) is 14.7 Å². The quantitative estimate of drug-likeness (QED) is 0.349. The Morgan fingerprint density at radius 3 is 2.57 bits per heavy atom. The van der Waals surface area contributed by atoms with Crippen LogP contribution < -0.4 is 10.7 Å². The number of carbonyl (C=O) groups excluding carboxylic acids is 2. The number of hydrogen-bond acceptors (Lipinski definition) is 4. The van der Waals surface area contributed by atoms with Crippen LogP contribution in [0.3, 0.4) is 0 Å². The summed E-state index contributed by atoms with van der Waals surface area (Å²) in [5.41, 5.74) is 4.53. The van der Waals surface area contributed by atoms with Crippen molar-refractivity contribution in [2.75, 3.05) is 5.32 Å². The molecule has 0 atom stereocenters. The molecular formula is C22H21N3O3. The number of benzene rings is 3. The molecule has 0 aromatic heterocycles. The van der Waals surface area contributed by atoms with E-state index in [0.717, 1.165) is 22.8 Å². The minimum Gasteiger partial charge on any atom is -0.507 e. The summed E-state index contributed by atoms with van der Waals surface area (Å²) in [5.74, 6) is -0.894. The smallest absolute Gasteiger partial charge is 0.249 e. The molecule has 0 aliphatic heterocycles. The van der Waals surface area contributed by atoms with Crippen LogP contribution in [0.2, 0.25) is 0 Å². The number of carbonyl (C=O) groups is 2. The number of phenolic OH excluding ortho intramolecular Hbond substituents is 1. The van der Waals surface area contributed by atoms with E-state index in [1.807, 2.05) is 49.4 Å². The first kappa shape index (κ1) is 19.1. The minimum absolute atomic E-state index is 0.0608. The zero-order valence-corrected chi connectivity index (χ0v) is 15.5. The van der Waals surface area contributed by atoms with Crippen LogP contribution in [0, 0.1) is 0 Å². The number of nitrogens with zero attached hydrogens (tertiary/aromatic N) is 1. The van der Waals surface area contributed by atoms with Crippen LogP contribution in [0.25, 0.3) is 10.8 Å². The second-order valence-electron chi connectivity index (χ2n) is 6.25. The van der Waals surface area contributed by atoms with Crippen LogP contribution in [-0.4, -0.2) is 23.1 Å². The summed E-state index contributed by atoms with van der Waals surface area (Å²) in [6.45, 7) is 2.00. The molecule has 0 heterocycles. The third kappa shape index (κ3) is 4.54. The molecule has 0 fully saturated rings. The lowest BCUT2D eigenvalue weighted by atomic mass is 10.0. The number of hydrazone groups is 1. The molecule has 0 unspecified atom stereocenters. The normalized spacial score (nSPS) is 10.9. The molecule has 0 bridgehead atoms. The first-order valence-corrected chi connectivity index (χ1v) is 8.99. The second-order valence-corrected chi connectivity index (χ2v) is 6.25. The summed E-state index contributed by atoms with van der Waals surface area (Å²) in [5, 5.41) is 18.4. The van der Waals surface area contributed by atoms with Gasteiger partial charge in [0.2, 0.25) is 11.8 Å². The molecule has 3 aromatic rings. The van der Waals surface area contributed by atoms with E-state index in [1.165, 1.54) is 6.21 Å². The number of aromatic hydroxyl groups is 1. The van der Waals surface area contributed by atoms with Crippen LogP contribution in [0.1, 0.15) is 24.5 Å². The lowest BCUT2D eigenvalue weighted by molar-refractivity contribution is -0.126. The van der Waals surface area contributed by atoms with Gasteiger partial charge in [-0.2, -0.15) is 5.10 Å². The Balaban J connectivity index is 1.62. The van der Waals surface area contributed by atoms with E-state index in [0.29, 0.717) is 11.3 Å². The van der Waals surface area contributed by atoms with E-state index in [2.05, 4.69) is 15.8 Å². The van der Waals surface area contributed by atoms with Crippen molar-refractivity contribution in [1.29, 1.82) is 0 Å². The van der Waals surface area contributed by atoms with Crippen molar-refractivity contribution in [1.82, 2.24) is 5.43 Å². The van der Waals surface area contributed by atoms with Gasteiger partial charge >= 0.3 is 0 Å². The van der Waals surface area contributed by atoms with Gasteiger partial charge < -0.3 is 10.4 Å². The number of nitrogens with one attached hydrogen (secondary N) is 2. The Morgan fingerprint density at radius 2 is 1.75 bits per heavy atom. The van der Waals surface area contributed by atoms with E-state index >= 15 is 0 Å². The Kier molecular flexibility index (Phi) is 6.01. The largest absolute Gasteiger partial charge is 0.507 e. The molecule has 0 saturated heterocycles. The van der Waals surface area contributed by atoms with E-state index < -0.39 is 11.8 Å². The van der Waals surface area contributed by atoms with Crippen LogP contribution >= 0.6 is 0 Å². The van der Waals surface area contributed by atoms with Crippen LogP contribution in [0.15, 0.2) is 65.8 Å². The summed E-state index contributed by atoms with van der Waals surface area (Å²) >= 11 is 0. The van der Waals surface area contributed by atoms with Gasteiger partial charge in [-0.15, -0.1) is 0 Å². The highest BCUT2D eigenvalue weighted by molar-refractivity contribution is 6.05. The Hall–Kier alpha value is -3.67. The Bertz CT molecular complexity index is 1040. The highest BCUT2D eigenvalue weighted by Crippen LogP contribution is 2.25. The fourth-order valence-electron chi connectivity index (χ4n) is 2.92. The van der Waals surface area contributed by atoms with Crippen LogP contribution in [0.5, 0.6) is 5.75 Å². The number of para-hydroxylation sites is 1. The van der Waals surface area contributed by atoms with Gasteiger partial charge in [0, 0.05) is 11.3 Å². The molecule has 0 radical (unpaired) electrons. The third-order valence-electron chi connectivity index (χ3n) is 4.32. The maximum absolute atomic E-state index is 12.1. The first-order valence-electron chi connectivity index (χ1n) is 8.99. The summed E-state index contributed by atoms with van der Waals surface area (Å²) in [6, 6.07) is 18.4. The highest BCUT2D eigenvalue weighted by atomic mass is 16.3. The topological polar surface area (TPSA) is 90.8 Å². The van der Waals surface area contributed by atoms with Crippen molar-refractivity contribution in [3.63, 3.8) is 0 Å². The number of anilines is 1. The highest BCUT2D eigenvalue weighted by Gasteiger charge is 2.11. The van der Waals surface area contributed by atoms with Gasteiger partial charge in [-0.05, 0) is 34.9 Å². The number of phenols is 1. The number of aryl methyl sites for hydroxylation is 1. The molecule has 6 nitrogen and oxygen atoms in total. The van der Waals surface area contributed by atoms with Gasteiger partial charge in [0.1, 0.15) is 12.2 Å². The van der Waals surface area contributed by atoms with Gasteiger partial charge in [0.05, 0.1) is 6.21 Å². The van der Waals surface area contributed by atoms with E-state index in [1.54, 1.807) is 18.2 Å². The predicted molar refractivity (Wildman–Crippen MR) is 110 cm³/mol. The molecule has 3 N–H and O–H groups in total. The van der Waals surface area contributed by atoms with Crippen molar-refractivity contribution in [3.05, 3.63) is 71.8 Å². The SMILES string of the molecule is CCc1ccccc1NC(=O)CC(=O)N/N=C/c1c(O)ccc2ccccc12. The minimum atomic E-state index is -0.539. The lowest BCUT2D eigenvalue weighted by Gasteiger charge is -2.09. The van der Waals surface area contributed by atoms with Crippen molar-refractivity contribution in [2.45, 2.75) is 19.8 Å². The fraction of sp³-hybridized carbons (Fsp3) is 0.136. The molecule has 0 aliphatic carbocycles. The molecule has 28 heavy (non-hydrogen) atoms. The van der Waals surface area contributed by atoms with Gasteiger partial charge in [-0.25, -0.2) is 5.43 Å². The van der Waals surface area contributed by atoms with Gasteiger partial charge in [-0.1, -0.05) is 55.5 Å². The number of rotatable bonds is 6. The lowest BCUT2D eigenvalue weighted by Crippen LogP contribution is -2.25. The summed E-state index contributed by atoms with van der Waals surface area (Å²) in [4.78, 5) is 24.1. The average Bonchev–Trinajstić information content (AvgIpc) is 2.70. The Labute approximate surface area is 162 Å². The summed E-state index contributed by atoms with van der Waals surface area (Å²) in [6.07, 6.45) is 1.80. The molecule has 0 aliphatic rings. The van der Waals surface area contributed by atoms with Crippen molar-refractivity contribution in [2.24, 2.45) is 5.10 Å². The average molecular weight is 375 g/mol. The number of amides is 2.